The van der Waals surface area contributed by atoms with Gasteiger partial charge in [0.15, 0.2) is 0 Å². The average Bonchev–Trinajstić information content (AvgIpc) is 2.47. The number of carbonyl (C=O) groups is 2. The van der Waals surface area contributed by atoms with E-state index >= 15 is 0 Å². The van der Waals surface area contributed by atoms with E-state index < -0.39 is 12.0 Å². The number of carboxylic acid groups (broad SMARTS) is 1. The second kappa shape index (κ2) is 6.40. The molecule has 0 bridgehead atoms. The van der Waals surface area contributed by atoms with E-state index in [1.165, 1.54) is 12.3 Å². The van der Waals surface area contributed by atoms with Crippen molar-refractivity contribution in [1.82, 2.24) is 10.3 Å². The lowest BCUT2D eigenvalue weighted by molar-refractivity contribution is -0.124. The molecule has 1 unspecified atom stereocenters. The van der Waals surface area contributed by atoms with Crippen LogP contribution in [0.15, 0.2) is 12.3 Å². The summed E-state index contributed by atoms with van der Waals surface area (Å²) in [7, 11) is 0. The van der Waals surface area contributed by atoms with Gasteiger partial charge < -0.3 is 25.8 Å². The van der Waals surface area contributed by atoms with Gasteiger partial charge in [0.25, 0.3) is 0 Å². The van der Waals surface area contributed by atoms with E-state index in [2.05, 4.69) is 10.3 Å². The van der Waals surface area contributed by atoms with Crippen LogP contribution in [0.3, 0.4) is 0 Å². The Morgan fingerprint density at radius 1 is 1.62 bits per heavy atom. The maximum Gasteiger partial charge on any atom is 0.337 e. The topological polar surface area (TPSA) is 118 Å². The number of ether oxygens (including phenoxy) is 1. The number of carbonyl (C=O) groups excluding carboxylic acids is 1. The Hall–Kier alpha value is -2.35. The monoisotopic (exact) mass is 294 g/mol. The van der Waals surface area contributed by atoms with Crippen LogP contribution in [0.2, 0.25) is 0 Å². The zero-order chi connectivity index (χ0) is 15.4. The molecule has 0 aliphatic carbocycles. The summed E-state index contributed by atoms with van der Waals surface area (Å²) in [6.07, 6.45) is 1.29. The molecule has 1 aromatic heterocycles. The Labute approximate surface area is 121 Å². The number of nitrogens with one attached hydrogen (secondary N) is 1. The van der Waals surface area contributed by atoms with Crippen LogP contribution >= 0.6 is 0 Å². The minimum absolute atomic E-state index is 0.0267. The van der Waals surface area contributed by atoms with Gasteiger partial charge in [0.2, 0.25) is 5.91 Å². The second-order valence-corrected chi connectivity index (χ2v) is 4.61. The van der Waals surface area contributed by atoms with Crippen LogP contribution in [0.25, 0.3) is 0 Å². The molecule has 1 fully saturated rings. The number of hydrogen-bond donors (Lipinski definition) is 3. The number of amides is 1. The Bertz CT molecular complexity index is 549. The van der Waals surface area contributed by atoms with Crippen molar-refractivity contribution >= 4 is 23.4 Å². The molecule has 0 radical (unpaired) electrons. The summed E-state index contributed by atoms with van der Waals surface area (Å²) in [5, 5.41) is 11.9. The number of morpholine rings is 1. The molecule has 2 rings (SSSR count). The Morgan fingerprint density at radius 3 is 3.05 bits per heavy atom. The molecule has 1 aliphatic heterocycles. The Morgan fingerprint density at radius 2 is 2.38 bits per heavy atom. The molecule has 1 atom stereocenters. The van der Waals surface area contributed by atoms with Gasteiger partial charge in [0, 0.05) is 13.1 Å². The van der Waals surface area contributed by atoms with Crippen molar-refractivity contribution in [3.63, 3.8) is 0 Å². The van der Waals surface area contributed by atoms with E-state index in [0.717, 1.165) is 0 Å². The third kappa shape index (κ3) is 3.22. The zero-order valence-corrected chi connectivity index (χ0v) is 11.7. The highest BCUT2D eigenvalue weighted by atomic mass is 16.5. The number of anilines is 2. The number of nitrogens with zero attached hydrogens (tertiary/aromatic N) is 2. The van der Waals surface area contributed by atoms with Crippen molar-refractivity contribution in [3.05, 3.63) is 17.8 Å². The smallest absolute Gasteiger partial charge is 0.337 e. The lowest BCUT2D eigenvalue weighted by atomic mass is 10.1. The molecule has 1 amide bonds. The lowest BCUT2D eigenvalue weighted by Gasteiger charge is -2.35. The second-order valence-electron chi connectivity index (χ2n) is 4.61. The first-order chi connectivity index (χ1) is 10.0. The molecule has 1 saturated heterocycles. The summed E-state index contributed by atoms with van der Waals surface area (Å²) in [5.74, 6) is -0.896. The molecule has 8 heteroatoms. The normalized spacial score (nSPS) is 18.3. The summed E-state index contributed by atoms with van der Waals surface area (Å²) >= 11 is 0. The van der Waals surface area contributed by atoms with Crippen molar-refractivity contribution in [1.29, 1.82) is 0 Å². The average molecular weight is 294 g/mol. The molecule has 21 heavy (non-hydrogen) atoms. The zero-order valence-electron chi connectivity index (χ0n) is 11.7. The van der Waals surface area contributed by atoms with Gasteiger partial charge >= 0.3 is 5.97 Å². The SMILES string of the molecule is CCNC(=O)C1COCCN1c1cc(C(=O)O)c(N)cn1. The molecule has 1 aliphatic rings. The largest absolute Gasteiger partial charge is 0.478 e. The summed E-state index contributed by atoms with van der Waals surface area (Å²) in [4.78, 5) is 29.1. The van der Waals surface area contributed by atoms with Gasteiger partial charge in [-0.3, -0.25) is 4.79 Å². The number of nitrogen functional groups attached to an aromatic ring is 1. The van der Waals surface area contributed by atoms with E-state index in [-0.39, 0.29) is 23.8 Å². The molecule has 0 spiro atoms. The number of likely N-dealkylation sites (N-methyl/N-ethyl adjacent to an activating group) is 1. The first kappa shape index (κ1) is 15.0. The van der Waals surface area contributed by atoms with Crippen LogP contribution in [0.4, 0.5) is 11.5 Å². The van der Waals surface area contributed by atoms with E-state index in [1.54, 1.807) is 4.90 Å². The molecule has 4 N–H and O–H groups in total. The van der Waals surface area contributed by atoms with E-state index in [0.29, 0.717) is 25.5 Å². The predicted octanol–water partition coefficient (Wildman–Crippen LogP) is -0.297. The van der Waals surface area contributed by atoms with Crippen molar-refractivity contribution in [2.45, 2.75) is 13.0 Å². The van der Waals surface area contributed by atoms with Crippen LogP contribution in [-0.2, 0) is 9.53 Å². The molecule has 114 valence electrons. The minimum Gasteiger partial charge on any atom is -0.478 e. The third-order valence-corrected chi connectivity index (χ3v) is 3.23. The molecule has 8 nitrogen and oxygen atoms in total. The van der Waals surface area contributed by atoms with Crippen LogP contribution in [0, 0.1) is 0 Å². The fourth-order valence-electron chi connectivity index (χ4n) is 2.18. The summed E-state index contributed by atoms with van der Waals surface area (Å²) < 4.78 is 5.33. The highest BCUT2D eigenvalue weighted by Gasteiger charge is 2.30. The van der Waals surface area contributed by atoms with Gasteiger partial charge in [-0.2, -0.15) is 0 Å². The Kier molecular flexibility index (Phi) is 4.59. The molecule has 0 saturated carbocycles. The number of hydrogen-bond acceptors (Lipinski definition) is 6. The maximum absolute atomic E-state index is 12.1. The van der Waals surface area contributed by atoms with Gasteiger partial charge in [0.1, 0.15) is 11.9 Å². The third-order valence-electron chi connectivity index (χ3n) is 3.23. The van der Waals surface area contributed by atoms with Gasteiger partial charge in [-0.1, -0.05) is 0 Å². The molecular weight excluding hydrogens is 276 g/mol. The summed E-state index contributed by atoms with van der Waals surface area (Å²) in [5.41, 5.74) is 5.66. The van der Waals surface area contributed by atoms with Gasteiger partial charge in [-0.05, 0) is 13.0 Å². The maximum atomic E-state index is 12.1. The van der Waals surface area contributed by atoms with E-state index in [1.807, 2.05) is 6.92 Å². The lowest BCUT2D eigenvalue weighted by Crippen LogP contribution is -2.54. The fourth-order valence-corrected chi connectivity index (χ4v) is 2.18. The van der Waals surface area contributed by atoms with Crippen molar-refractivity contribution in [3.8, 4) is 0 Å². The van der Waals surface area contributed by atoms with E-state index in [4.69, 9.17) is 15.6 Å². The minimum atomic E-state index is -1.13. The van der Waals surface area contributed by atoms with Gasteiger partial charge in [-0.25, -0.2) is 9.78 Å². The summed E-state index contributed by atoms with van der Waals surface area (Å²) in [6.45, 7) is 3.48. The highest BCUT2D eigenvalue weighted by molar-refractivity contribution is 5.94. The van der Waals surface area contributed by atoms with Crippen LogP contribution in [0.5, 0.6) is 0 Å². The first-order valence-electron chi connectivity index (χ1n) is 6.65. The van der Waals surface area contributed by atoms with Crippen molar-refractivity contribution < 1.29 is 19.4 Å². The highest BCUT2D eigenvalue weighted by Crippen LogP contribution is 2.22. The number of carboxylic acids is 1. The number of pyridine rings is 1. The van der Waals surface area contributed by atoms with Crippen LogP contribution < -0.4 is 16.0 Å². The predicted molar refractivity (Wildman–Crippen MR) is 76.2 cm³/mol. The molecular formula is C13H18N4O4. The number of nitrogens with two attached hydrogens (primary N) is 1. The van der Waals surface area contributed by atoms with Crippen molar-refractivity contribution in [2.75, 3.05) is 36.9 Å². The number of aromatic carboxylic acids is 1. The van der Waals surface area contributed by atoms with E-state index in [9.17, 15) is 9.59 Å². The van der Waals surface area contributed by atoms with Crippen molar-refractivity contribution in [2.24, 2.45) is 0 Å². The van der Waals surface area contributed by atoms with Crippen LogP contribution in [-0.4, -0.2) is 54.3 Å². The molecule has 2 heterocycles. The number of rotatable bonds is 4. The first-order valence-corrected chi connectivity index (χ1v) is 6.65. The fraction of sp³-hybridized carbons (Fsp3) is 0.462. The van der Waals surface area contributed by atoms with Gasteiger partial charge in [0.05, 0.1) is 30.7 Å². The van der Waals surface area contributed by atoms with Gasteiger partial charge in [-0.15, -0.1) is 0 Å². The quantitative estimate of drug-likeness (QED) is 0.698. The van der Waals surface area contributed by atoms with Crippen LogP contribution in [0.1, 0.15) is 17.3 Å². The summed E-state index contributed by atoms with van der Waals surface area (Å²) in [6, 6.07) is 0.853. The Balaban J connectivity index is 2.31. The molecule has 1 aromatic rings. The number of aromatic nitrogens is 1. The standard InChI is InChI=1S/C13H18N4O4/c1-2-15-12(18)10-7-21-4-3-17(10)11-5-8(13(19)20)9(14)6-16-11/h5-6,10H,2-4,7,14H2,1H3,(H,15,18)(H,19,20). The molecule has 0 aromatic carbocycles.